The summed E-state index contributed by atoms with van der Waals surface area (Å²) in [4.78, 5) is 21.0. The second-order valence-electron chi connectivity index (χ2n) is 3.31. The molecule has 0 spiro atoms. The molecule has 0 aromatic heterocycles. The van der Waals surface area contributed by atoms with E-state index in [2.05, 4.69) is 0 Å². The minimum atomic E-state index is -0.936. The van der Waals surface area contributed by atoms with Crippen LogP contribution in [-0.4, -0.2) is 17.4 Å². The molecule has 15 heavy (non-hydrogen) atoms. The van der Waals surface area contributed by atoms with Gasteiger partial charge in [0.05, 0.1) is 0 Å². The molecule has 4 heteroatoms. The molecule has 0 aliphatic rings. The van der Waals surface area contributed by atoms with Crippen molar-refractivity contribution in [3.05, 3.63) is 34.6 Å². The number of carboxylic acids is 1. The van der Waals surface area contributed by atoms with Crippen LogP contribution in [0, 0.1) is 12.7 Å². The molecule has 80 valence electrons. The average molecular weight is 210 g/mol. The fraction of sp³-hybridized carbons (Fsp3) is 0.273. The molecule has 1 rings (SSSR count). The molecule has 1 N–H and O–H groups in total. The zero-order valence-electron chi connectivity index (χ0n) is 8.29. The minimum Gasteiger partial charge on any atom is -0.481 e. The number of aryl methyl sites for hydroxylation is 2. The molecule has 0 saturated heterocycles. The lowest BCUT2D eigenvalue weighted by atomic mass is 10.0. The van der Waals surface area contributed by atoms with Gasteiger partial charge in [-0.2, -0.15) is 0 Å². The molecule has 0 unspecified atom stereocenters. The highest BCUT2D eigenvalue weighted by molar-refractivity contribution is 5.78. The van der Waals surface area contributed by atoms with Crippen molar-refractivity contribution in [3.8, 4) is 0 Å². The topological polar surface area (TPSA) is 54.4 Å². The second-order valence-corrected chi connectivity index (χ2v) is 3.31. The van der Waals surface area contributed by atoms with Crippen LogP contribution >= 0.6 is 0 Å². The summed E-state index contributed by atoms with van der Waals surface area (Å²) in [6.07, 6.45) is 0.718. The van der Waals surface area contributed by atoms with Crippen LogP contribution in [0.1, 0.15) is 27.9 Å². The number of rotatable bonds is 4. The van der Waals surface area contributed by atoms with E-state index < -0.39 is 11.8 Å². The molecule has 0 aliphatic carbocycles. The minimum absolute atomic E-state index is 0.0636. The maximum atomic E-state index is 13.1. The van der Waals surface area contributed by atoms with Gasteiger partial charge in [-0.1, -0.05) is 6.07 Å². The first-order chi connectivity index (χ1) is 7.04. The van der Waals surface area contributed by atoms with Gasteiger partial charge in [0.15, 0.2) is 0 Å². The normalized spacial score (nSPS) is 10.0. The number of aliphatic carboxylic acids is 1. The summed E-state index contributed by atoms with van der Waals surface area (Å²) in [6.45, 7) is 1.58. The van der Waals surface area contributed by atoms with Gasteiger partial charge in [-0.05, 0) is 30.5 Å². The fourth-order valence-corrected chi connectivity index (χ4v) is 1.32. The Morgan fingerprint density at radius 2 is 2.20 bits per heavy atom. The molecule has 0 heterocycles. The van der Waals surface area contributed by atoms with Crippen LogP contribution in [0.3, 0.4) is 0 Å². The summed E-state index contributed by atoms with van der Waals surface area (Å²) in [5.41, 5.74) is 1.21. The fourth-order valence-electron chi connectivity index (χ4n) is 1.32. The third-order valence-corrected chi connectivity index (χ3v) is 2.16. The van der Waals surface area contributed by atoms with E-state index in [1.807, 2.05) is 0 Å². The van der Waals surface area contributed by atoms with Gasteiger partial charge in [-0.25, -0.2) is 4.39 Å². The number of benzene rings is 1. The summed E-state index contributed by atoms with van der Waals surface area (Å²) in [5.74, 6) is -1.38. The van der Waals surface area contributed by atoms with Crippen LogP contribution in [0.5, 0.6) is 0 Å². The summed E-state index contributed by atoms with van der Waals surface area (Å²) < 4.78 is 13.1. The van der Waals surface area contributed by atoms with Crippen LogP contribution in [0.2, 0.25) is 0 Å². The molecule has 1 aromatic rings. The highest BCUT2D eigenvalue weighted by Crippen LogP contribution is 2.15. The molecule has 0 amide bonds. The second kappa shape index (κ2) is 4.68. The number of carboxylic acid groups (broad SMARTS) is 1. The van der Waals surface area contributed by atoms with Crippen molar-refractivity contribution in [2.45, 2.75) is 19.8 Å². The molecular formula is C11H11FO3. The number of aldehydes is 1. The van der Waals surface area contributed by atoms with E-state index in [1.54, 1.807) is 6.92 Å². The van der Waals surface area contributed by atoms with Crippen molar-refractivity contribution < 1.29 is 19.1 Å². The number of hydrogen-bond donors (Lipinski definition) is 1. The van der Waals surface area contributed by atoms with E-state index in [9.17, 15) is 14.0 Å². The Bertz CT molecular complexity index is 399. The average Bonchev–Trinajstić information content (AvgIpc) is 2.19. The third-order valence-electron chi connectivity index (χ3n) is 2.16. The number of halogens is 1. The van der Waals surface area contributed by atoms with Gasteiger partial charge in [0.25, 0.3) is 0 Å². The Balaban J connectivity index is 2.99. The van der Waals surface area contributed by atoms with Gasteiger partial charge in [0.2, 0.25) is 0 Å². The largest absolute Gasteiger partial charge is 0.481 e. The Labute approximate surface area is 86.5 Å². The van der Waals surface area contributed by atoms with Crippen molar-refractivity contribution in [1.82, 2.24) is 0 Å². The monoisotopic (exact) mass is 210 g/mol. The van der Waals surface area contributed by atoms with Gasteiger partial charge >= 0.3 is 5.97 Å². The van der Waals surface area contributed by atoms with Crippen molar-refractivity contribution >= 4 is 12.3 Å². The summed E-state index contributed by atoms with van der Waals surface area (Å²) >= 11 is 0. The molecular weight excluding hydrogens is 199 g/mol. The number of carbonyl (C=O) groups is 2. The lowest BCUT2D eigenvalue weighted by Gasteiger charge is -2.05. The van der Waals surface area contributed by atoms with Gasteiger partial charge < -0.3 is 5.11 Å². The van der Waals surface area contributed by atoms with Crippen molar-refractivity contribution in [1.29, 1.82) is 0 Å². The van der Waals surface area contributed by atoms with Crippen LogP contribution in [-0.2, 0) is 11.2 Å². The maximum absolute atomic E-state index is 13.1. The molecule has 0 saturated carbocycles. The lowest BCUT2D eigenvalue weighted by molar-refractivity contribution is -0.136. The zero-order valence-corrected chi connectivity index (χ0v) is 8.29. The van der Waals surface area contributed by atoms with E-state index in [4.69, 9.17) is 5.11 Å². The SMILES string of the molecule is Cc1cc(CCC(=O)O)c(C=O)cc1F. The zero-order chi connectivity index (χ0) is 11.4. The van der Waals surface area contributed by atoms with Crippen LogP contribution in [0.25, 0.3) is 0 Å². The number of carbonyl (C=O) groups excluding carboxylic acids is 1. The lowest BCUT2D eigenvalue weighted by Crippen LogP contribution is -2.02. The standard InChI is InChI=1S/C11H11FO3/c1-7-4-8(2-3-11(14)15)9(6-13)5-10(7)12/h4-6H,2-3H2,1H3,(H,14,15). The Hall–Kier alpha value is -1.71. The highest BCUT2D eigenvalue weighted by atomic mass is 19.1. The van der Waals surface area contributed by atoms with Gasteiger partial charge in [-0.3, -0.25) is 9.59 Å². The molecule has 3 nitrogen and oxygen atoms in total. The predicted molar refractivity (Wildman–Crippen MR) is 52.5 cm³/mol. The van der Waals surface area contributed by atoms with Crippen molar-refractivity contribution in [3.63, 3.8) is 0 Å². The van der Waals surface area contributed by atoms with E-state index in [-0.39, 0.29) is 18.4 Å². The van der Waals surface area contributed by atoms with Gasteiger partial charge in [0.1, 0.15) is 12.1 Å². The smallest absolute Gasteiger partial charge is 0.303 e. The maximum Gasteiger partial charge on any atom is 0.303 e. The first-order valence-electron chi connectivity index (χ1n) is 4.50. The molecule has 0 aliphatic heterocycles. The van der Waals surface area contributed by atoms with E-state index >= 15 is 0 Å². The molecule has 0 atom stereocenters. The van der Waals surface area contributed by atoms with E-state index in [1.165, 1.54) is 6.07 Å². The Morgan fingerprint density at radius 1 is 1.53 bits per heavy atom. The summed E-state index contributed by atoms with van der Waals surface area (Å²) in [5, 5.41) is 8.50. The van der Waals surface area contributed by atoms with Crippen LogP contribution < -0.4 is 0 Å². The Kier molecular flexibility index (Phi) is 3.55. The van der Waals surface area contributed by atoms with E-state index in [0.717, 1.165) is 6.07 Å². The summed E-state index contributed by atoms with van der Waals surface area (Å²) in [7, 11) is 0. The first kappa shape index (κ1) is 11.4. The third kappa shape index (κ3) is 2.87. The summed E-state index contributed by atoms with van der Waals surface area (Å²) in [6, 6.07) is 2.65. The number of hydrogen-bond acceptors (Lipinski definition) is 2. The van der Waals surface area contributed by atoms with Crippen LogP contribution in [0.4, 0.5) is 4.39 Å². The molecule has 0 bridgehead atoms. The van der Waals surface area contributed by atoms with Gasteiger partial charge in [-0.15, -0.1) is 0 Å². The Morgan fingerprint density at radius 3 is 2.73 bits per heavy atom. The highest BCUT2D eigenvalue weighted by Gasteiger charge is 2.08. The molecule has 0 fully saturated rings. The van der Waals surface area contributed by atoms with Crippen LogP contribution in [0.15, 0.2) is 12.1 Å². The van der Waals surface area contributed by atoms with Gasteiger partial charge in [0, 0.05) is 12.0 Å². The van der Waals surface area contributed by atoms with E-state index in [0.29, 0.717) is 17.4 Å². The predicted octanol–water partition coefficient (Wildman–Crippen LogP) is 1.96. The molecule has 0 radical (unpaired) electrons. The molecule has 1 aromatic carbocycles. The quantitative estimate of drug-likeness (QED) is 0.773. The van der Waals surface area contributed by atoms with Crippen molar-refractivity contribution in [2.24, 2.45) is 0 Å². The van der Waals surface area contributed by atoms with Crippen molar-refractivity contribution in [2.75, 3.05) is 0 Å². The first-order valence-corrected chi connectivity index (χ1v) is 4.50.